The summed E-state index contributed by atoms with van der Waals surface area (Å²) < 4.78 is 0. The van der Waals surface area contributed by atoms with Gasteiger partial charge in [-0.1, -0.05) is 0 Å². The van der Waals surface area contributed by atoms with E-state index in [9.17, 15) is 10.1 Å². The first kappa shape index (κ1) is 10.5. The number of anilines is 1. The van der Waals surface area contributed by atoms with Gasteiger partial charge >= 0.3 is 5.69 Å². The SMILES string of the molecule is O=[N+]([O-])c1cccnc1NC(C1CC1)C1CC1. The molecule has 0 bridgehead atoms. The number of aromatic nitrogens is 1. The maximum absolute atomic E-state index is 10.9. The molecular formula is C12H15N3O2. The van der Waals surface area contributed by atoms with E-state index in [2.05, 4.69) is 10.3 Å². The van der Waals surface area contributed by atoms with Gasteiger partial charge in [0.2, 0.25) is 5.82 Å². The van der Waals surface area contributed by atoms with Crippen molar-refractivity contribution in [2.75, 3.05) is 5.32 Å². The zero-order chi connectivity index (χ0) is 11.8. The number of nitrogens with one attached hydrogen (secondary N) is 1. The first-order valence-electron chi connectivity index (χ1n) is 6.11. The molecule has 0 unspecified atom stereocenters. The number of hydrogen-bond donors (Lipinski definition) is 1. The van der Waals surface area contributed by atoms with Crippen molar-refractivity contribution in [2.24, 2.45) is 11.8 Å². The molecule has 2 aliphatic carbocycles. The van der Waals surface area contributed by atoms with Gasteiger partial charge in [-0.25, -0.2) is 4.98 Å². The summed E-state index contributed by atoms with van der Waals surface area (Å²) in [5.41, 5.74) is 0.0822. The molecule has 5 heteroatoms. The topological polar surface area (TPSA) is 68.1 Å². The van der Waals surface area contributed by atoms with Crippen LogP contribution in [0.5, 0.6) is 0 Å². The van der Waals surface area contributed by atoms with Crippen molar-refractivity contribution in [3.05, 3.63) is 28.4 Å². The lowest BCUT2D eigenvalue weighted by Gasteiger charge is -2.17. The monoisotopic (exact) mass is 233 g/mol. The second kappa shape index (κ2) is 3.98. The number of nitrogens with zero attached hydrogens (tertiary/aromatic N) is 2. The highest BCUT2D eigenvalue weighted by molar-refractivity contribution is 5.56. The molecule has 1 aromatic heterocycles. The molecule has 1 N–H and O–H groups in total. The number of pyridine rings is 1. The lowest BCUT2D eigenvalue weighted by atomic mass is 10.1. The molecular weight excluding hydrogens is 218 g/mol. The molecule has 0 radical (unpaired) electrons. The molecule has 0 aliphatic heterocycles. The second-order valence-corrected chi connectivity index (χ2v) is 4.97. The highest BCUT2D eigenvalue weighted by Gasteiger charge is 2.42. The van der Waals surface area contributed by atoms with Crippen LogP contribution < -0.4 is 5.32 Å². The number of nitro groups is 1. The average molecular weight is 233 g/mol. The Kier molecular flexibility index (Phi) is 2.46. The van der Waals surface area contributed by atoms with Crippen molar-refractivity contribution in [2.45, 2.75) is 31.7 Å². The summed E-state index contributed by atoms with van der Waals surface area (Å²) in [5.74, 6) is 1.83. The van der Waals surface area contributed by atoms with Crippen LogP contribution in [0.3, 0.4) is 0 Å². The largest absolute Gasteiger partial charge is 0.361 e. The third kappa shape index (κ3) is 2.23. The van der Waals surface area contributed by atoms with Gasteiger partial charge in [0.1, 0.15) is 0 Å². The predicted molar refractivity (Wildman–Crippen MR) is 63.8 cm³/mol. The minimum Gasteiger partial charge on any atom is -0.361 e. The normalized spacial score (nSPS) is 19.4. The Bertz CT molecular complexity index is 429. The van der Waals surface area contributed by atoms with E-state index in [1.165, 1.54) is 31.7 Å². The van der Waals surface area contributed by atoms with Crippen molar-refractivity contribution < 1.29 is 4.92 Å². The smallest absolute Gasteiger partial charge is 0.311 e. The first-order chi connectivity index (χ1) is 8.25. The number of rotatable bonds is 5. The summed E-state index contributed by atoms with van der Waals surface area (Å²) in [6.45, 7) is 0. The summed E-state index contributed by atoms with van der Waals surface area (Å²) >= 11 is 0. The molecule has 1 heterocycles. The lowest BCUT2D eigenvalue weighted by molar-refractivity contribution is -0.384. The van der Waals surface area contributed by atoms with E-state index in [-0.39, 0.29) is 10.6 Å². The minimum absolute atomic E-state index is 0.0822. The molecule has 0 spiro atoms. The summed E-state index contributed by atoms with van der Waals surface area (Å²) in [6, 6.07) is 3.50. The van der Waals surface area contributed by atoms with Crippen LogP contribution in [0.25, 0.3) is 0 Å². The van der Waals surface area contributed by atoms with Gasteiger partial charge in [-0.05, 0) is 43.6 Å². The molecule has 2 saturated carbocycles. The van der Waals surface area contributed by atoms with Crippen molar-refractivity contribution in [3.63, 3.8) is 0 Å². The summed E-state index contributed by atoms with van der Waals surface area (Å²) in [4.78, 5) is 14.6. The lowest BCUT2D eigenvalue weighted by Crippen LogP contribution is -2.25. The predicted octanol–water partition coefficient (Wildman–Crippen LogP) is 2.59. The fourth-order valence-electron chi connectivity index (χ4n) is 2.34. The first-order valence-corrected chi connectivity index (χ1v) is 6.11. The third-order valence-corrected chi connectivity index (χ3v) is 3.55. The van der Waals surface area contributed by atoms with E-state index < -0.39 is 0 Å². The van der Waals surface area contributed by atoms with Gasteiger partial charge in [0, 0.05) is 18.3 Å². The highest BCUT2D eigenvalue weighted by atomic mass is 16.6. The summed E-state index contributed by atoms with van der Waals surface area (Å²) in [5, 5.41) is 14.2. The fourth-order valence-corrected chi connectivity index (χ4v) is 2.34. The van der Waals surface area contributed by atoms with Crippen LogP contribution >= 0.6 is 0 Å². The summed E-state index contributed by atoms with van der Waals surface area (Å²) in [6.07, 6.45) is 6.58. The van der Waals surface area contributed by atoms with Crippen molar-refractivity contribution in [1.82, 2.24) is 4.98 Å². The van der Waals surface area contributed by atoms with Crippen LogP contribution in [0, 0.1) is 22.0 Å². The van der Waals surface area contributed by atoms with Crippen molar-refractivity contribution >= 4 is 11.5 Å². The molecule has 1 aromatic rings. The van der Waals surface area contributed by atoms with Gasteiger partial charge in [-0.3, -0.25) is 10.1 Å². The van der Waals surface area contributed by atoms with E-state index in [0.717, 1.165) is 0 Å². The zero-order valence-corrected chi connectivity index (χ0v) is 9.50. The highest BCUT2D eigenvalue weighted by Crippen LogP contribution is 2.46. The Labute approximate surface area is 99.4 Å². The average Bonchev–Trinajstić information content (AvgIpc) is 3.16. The van der Waals surface area contributed by atoms with Crippen LogP contribution in [0.1, 0.15) is 25.7 Å². The van der Waals surface area contributed by atoms with E-state index in [1.807, 2.05) is 0 Å². The number of hydrogen-bond acceptors (Lipinski definition) is 4. The standard InChI is InChI=1S/C12H15N3O2/c16-15(17)10-2-1-7-13-12(10)14-11(8-3-4-8)9-5-6-9/h1-2,7-9,11H,3-6H2,(H,13,14). The van der Waals surface area contributed by atoms with Gasteiger partial charge in [0.05, 0.1) is 4.92 Å². The third-order valence-electron chi connectivity index (χ3n) is 3.55. The molecule has 0 aromatic carbocycles. The van der Waals surface area contributed by atoms with Crippen molar-refractivity contribution in [1.29, 1.82) is 0 Å². The van der Waals surface area contributed by atoms with E-state index in [0.29, 0.717) is 23.7 Å². The molecule has 0 amide bonds. The van der Waals surface area contributed by atoms with Gasteiger partial charge in [0.15, 0.2) is 0 Å². The minimum atomic E-state index is -0.369. The Morgan fingerprint density at radius 2 is 2.00 bits per heavy atom. The van der Waals surface area contributed by atoms with Gasteiger partial charge in [-0.15, -0.1) is 0 Å². The fraction of sp³-hybridized carbons (Fsp3) is 0.583. The molecule has 2 fully saturated rings. The van der Waals surface area contributed by atoms with Crippen LogP contribution in [-0.4, -0.2) is 15.9 Å². The Morgan fingerprint density at radius 3 is 2.53 bits per heavy atom. The van der Waals surface area contributed by atoms with Crippen LogP contribution in [0.2, 0.25) is 0 Å². The van der Waals surface area contributed by atoms with E-state index in [1.54, 1.807) is 12.3 Å². The van der Waals surface area contributed by atoms with Gasteiger partial charge in [0.25, 0.3) is 0 Å². The van der Waals surface area contributed by atoms with E-state index >= 15 is 0 Å². The molecule has 0 saturated heterocycles. The maximum atomic E-state index is 10.9. The molecule has 2 aliphatic rings. The van der Waals surface area contributed by atoms with E-state index in [4.69, 9.17) is 0 Å². The summed E-state index contributed by atoms with van der Waals surface area (Å²) in [7, 11) is 0. The van der Waals surface area contributed by atoms with Crippen LogP contribution in [0.4, 0.5) is 11.5 Å². The molecule has 17 heavy (non-hydrogen) atoms. The van der Waals surface area contributed by atoms with Crippen LogP contribution in [0.15, 0.2) is 18.3 Å². The van der Waals surface area contributed by atoms with Gasteiger partial charge < -0.3 is 5.32 Å². The molecule has 3 rings (SSSR count). The van der Waals surface area contributed by atoms with Crippen molar-refractivity contribution in [3.8, 4) is 0 Å². The molecule has 0 atom stereocenters. The molecule has 5 nitrogen and oxygen atoms in total. The zero-order valence-electron chi connectivity index (χ0n) is 9.50. The Balaban J connectivity index is 1.80. The maximum Gasteiger partial charge on any atom is 0.311 e. The second-order valence-electron chi connectivity index (χ2n) is 4.97. The Hall–Kier alpha value is -1.65. The van der Waals surface area contributed by atoms with Gasteiger partial charge in [-0.2, -0.15) is 0 Å². The molecule has 90 valence electrons. The van der Waals surface area contributed by atoms with Crippen LogP contribution in [-0.2, 0) is 0 Å². The Morgan fingerprint density at radius 1 is 1.35 bits per heavy atom. The quantitative estimate of drug-likeness (QED) is 0.627.